The summed E-state index contributed by atoms with van der Waals surface area (Å²) in [5, 5.41) is 6.89. The summed E-state index contributed by atoms with van der Waals surface area (Å²) in [6, 6.07) is 0. The Bertz CT molecular complexity index is 16.0. The van der Waals surface area contributed by atoms with Crippen LogP contribution in [0.5, 0.6) is 0 Å². The van der Waals surface area contributed by atoms with Crippen LogP contribution >= 0.6 is 0 Å². The molecular weight excluding hydrogens is 244 g/mol. The third-order valence-electron chi connectivity index (χ3n) is 0. The summed E-state index contributed by atoms with van der Waals surface area (Å²) in [6.45, 7) is 0. The zero-order valence-electron chi connectivity index (χ0n) is 3.43. The molecule has 0 fully saturated rings. The van der Waals surface area contributed by atoms with Crippen molar-refractivity contribution in [1.29, 1.82) is 0 Å². The van der Waals surface area contributed by atoms with Gasteiger partial charge in [-0.3, -0.25) is 0 Å². The molecule has 0 aromatic rings. The molecule has 0 bridgehead atoms. The molecule has 0 unspecified atom stereocenters. The number of hydrogen-bond donors (Lipinski definition) is 1. The topological polar surface area (TPSA) is 163 Å². The molecule has 0 saturated carbocycles. The van der Waals surface area contributed by atoms with Gasteiger partial charge in [-0.1, -0.05) is 0 Å². The molecule has 0 aliphatic carbocycles. The van der Waals surface area contributed by atoms with Crippen LogP contribution in [-0.4, -0.2) is 83.2 Å². The molecule has 0 aromatic carbocycles. The molecule has 0 saturated heterocycles. The third kappa shape index (κ3) is 226. The summed E-state index contributed by atoms with van der Waals surface area (Å²) in [4.78, 5) is 0. The van der Waals surface area contributed by atoms with E-state index in [1.165, 1.54) is 0 Å². The first-order valence-electron chi connectivity index (χ1n) is 0.494. The van der Waals surface area contributed by atoms with Crippen LogP contribution in [0.25, 0.3) is 0 Å². The Morgan fingerprint density at radius 1 is 1.00 bits per heavy atom. The van der Waals surface area contributed by atoms with Crippen molar-refractivity contribution in [2.75, 3.05) is 0 Å². The third-order valence-corrected chi connectivity index (χ3v) is 0. The maximum atomic E-state index is 8.36. The van der Waals surface area contributed by atoms with Crippen molar-refractivity contribution in [3.8, 4) is 0 Å². The zero-order chi connectivity index (χ0) is 2.71. The van der Waals surface area contributed by atoms with Crippen molar-refractivity contribution in [1.82, 2.24) is 0 Å². The first-order valence-corrected chi connectivity index (χ1v) is 0.494. The van der Waals surface area contributed by atoms with Crippen molar-refractivity contribution in [2.45, 2.75) is 0 Å². The van der Waals surface area contributed by atoms with Gasteiger partial charge in [0.1, 0.15) is 0 Å². The average Bonchev–Trinajstić information content (AvgIpc) is 0.918. The summed E-state index contributed by atoms with van der Waals surface area (Å²) < 4.78 is 8.36. The summed E-state index contributed by atoms with van der Waals surface area (Å²) in [5.41, 5.74) is 0. The van der Waals surface area contributed by atoms with E-state index in [0.29, 0.717) is 0 Å². The Balaban J connectivity index is -0.00000000200. The molecule has 8 heteroatoms. The molecule has 52 valence electrons. The van der Waals surface area contributed by atoms with E-state index < -0.39 is 0 Å². The molecule has 0 spiro atoms. The van der Waals surface area contributed by atoms with Crippen molar-refractivity contribution in [2.24, 2.45) is 0 Å². The number of hydrogen-bond acceptors (Lipinski definition) is 1. The van der Waals surface area contributed by atoms with Gasteiger partial charge in [0.2, 0.25) is 0 Å². The second kappa shape index (κ2) is 93.8. The molecule has 6 nitrogen and oxygen atoms in total. The predicted octanol–water partition coefficient (Wildman–Crippen LogP) is -5.27. The first kappa shape index (κ1) is 62.6. The van der Waals surface area contributed by atoms with Gasteiger partial charge in [-0.2, -0.15) is 0 Å². The SMILES string of the molecule is O.O.O.O.O=BO.[BaH2]. The van der Waals surface area contributed by atoms with Crippen LogP contribution in [0.2, 0.25) is 0 Å². The quantitative estimate of drug-likeness (QED) is 0.428. The van der Waals surface area contributed by atoms with E-state index in [2.05, 4.69) is 0 Å². The summed E-state index contributed by atoms with van der Waals surface area (Å²) >= 11 is 0. The van der Waals surface area contributed by atoms with Gasteiger partial charge in [0.05, 0.1) is 0 Å². The molecule has 9 N–H and O–H groups in total. The Kier molecular flexibility index (Phi) is 734. The molecule has 0 atom stereocenters. The Morgan fingerprint density at radius 3 is 1.00 bits per heavy atom. The van der Waals surface area contributed by atoms with Gasteiger partial charge in [-0.25, -0.2) is 0 Å². The monoisotopic (exact) mass is 256 g/mol. The molecule has 0 heterocycles. The molecule has 0 amide bonds. The molecule has 0 aromatic heterocycles. The van der Waals surface area contributed by atoms with Crippen molar-refractivity contribution in [3.05, 3.63) is 0 Å². The molecule has 0 aliphatic heterocycles. The summed E-state index contributed by atoms with van der Waals surface area (Å²) in [6.07, 6.45) is 0. The van der Waals surface area contributed by atoms with Gasteiger partial charge in [0.25, 0.3) is 0 Å². The summed E-state index contributed by atoms with van der Waals surface area (Å²) in [7, 11) is -0.250. The molecule has 8 heavy (non-hydrogen) atoms. The fraction of sp³-hybridized carbons (Fsp3) is 0. The van der Waals surface area contributed by atoms with E-state index in [1.54, 1.807) is 0 Å². The predicted molar refractivity (Wildman–Crippen MR) is 31.7 cm³/mol. The maximum absolute atomic E-state index is 8.36. The molecule has 0 rings (SSSR count). The minimum atomic E-state index is -0.250. The molecule has 0 radical (unpaired) electrons. The van der Waals surface area contributed by atoms with E-state index in [9.17, 15) is 0 Å². The van der Waals surface area contributed by atoms with Crippen LogP contribution in [-0.2, 0) is 4.70 Å². The average molecular weight is 255 g/mol. The standard InChI is InChI=1S/BHO2.Ba.4H2O.2H/c2-1-3;;;;;;;/h2H;;4*1H2;;. The Hall–Kier alpha value is 1.08. The number of rotatable bonds is 0. The second-order valence-electron chi connectivity index (χ2n) is 0.105. The van der Waals surface area contributed by atoms with Crippen LogP contribution in [0.15, 0.2) is 0 Å². The van der Waals surface area contributed by atoms with Crippen LogP contribution < -0.4 is 0 Å². The van der Waals surface area contributed by atoms with Gasteiger partial charge in [-0.15, -0.1) is 0 Å². The fourth-order valence-corrected chi connectivity index (χ4v) is 0. The van der Waals surface area contributed by atoms with Gasteiger partial charge >= 0.3 is 66.0 Å². The minimum absolute atomic E-state index is 0. The van der Waals surface area contributed by atoms with Crippen LogP contribution in [0, 0.1) is 0 Å². The summed E-state index contributed by atoms with van der Waals surface area (Å²) in [5.74, 6) is 0. The van der Waals surface area contributed by atoms with E-state index in [0.717, 1.165) is 0 Å². The second-order valence-corrected chi connectivity index (χ2v) is 0.105. The van der Waals surface area contributed by atoms with E-state index in [1.807, 2.05) is 0 Å². The Morgan fingerprint density at radius 2 is 1.00 bits per heavy atom. The Labute approximate surface area is 86.9 Å². The molecular formula is H11BBaO6. The van der Waals surface area contributed by atoms with Crippen molar-refractivity contribution < 1.29 is 31.6 Å². The fourth-order valence-electron chi connectivity index (χ4n) is 0. The van der Waals surface area contributed by atoms with Crippen molar-refractivity contribution in [3.63, 3.8) is 0 Å². The molecule has 0 aliphatic rings. The van der Waals surface area contributed by atoms with Crippen molar-refractivity contribution >= 4 is 56.2 Å². The van der Waals surface area contributed by atoms with Gasteiger partial charge in [0.15, 0.2) is 0 Å². The van der Waals surface area contributed by atoms with Gasteiger partial charge in [0, 0.05) is 0 Å². The van der Waals surface area contributed by atoms with E-state index in [4.69, 9.17) is 9.73 Å². The normalized spacial score (nSPS) is 1.00. The van der Waals surface area contributed by atoms with Crippen LogP contribution in [0.3, 0.4) is 0 Å². The zero-order valence-corrected chi connectivity index (χ0v) is 3.43. The van der Waals surface area contributed by atoms with Gasteiger partial charge in [-0.05, 0) is 0 Å². The van der Waals surface area contributed by atoms with Gasteiger partial charge < -0.3 is 21.9 Å². The van der Waals surface area contributed by atoms with E-state index in [-0.39, 0.29) is 78.1 Å². The van der Waals surface area contributed by atoms with Crippen LogP contribution in [0.4, 0.5) is 0 Å². The van der Waals surface area contributed by atoms with E-state index >= 15 is 0 Å². The first-order chi connectivity index (χ1) is 1.41. The van der Waals surface area contributed by atoms with Crippen LogP contribution in [0.1, 0.15) is 0 Å².